The third kappa shape index (κ3) is 3.67. The highest BCUT2D eigenvalue weighted by Gasteiger charge is 2.25. The molecule has 0 aromatic heterocycles. The van der Waals surface area contributed by atoms with Crippen LogP contribution in [-0.2, 0) is 5.54 Å². The van der Waals surface area contributed by atoms with E-state index in [0.29, 0.717) is 0 Å². The normalized spacial score (nSPS) is 12.9. The highest BCUT2D eigenvalue weighted by Crippen LogP contribution is 2.23. The van der Waals surface area contributed by atoms with Crippen molar-refractivity contribution in [3.05, 3.63) is 35.4 Å². The Balaban J connectivity index is 2.90. The van der Waals surface area contributed by atoms with Crippen LogP contribution in [0.3, 0.4) is 0 Å². The van der Waals surface area contributed by atoms with E-state index in [-0.39, 0.29) is 11.1 Å². The molecule has 1 aromatic rings. The summed E-state index contributed by atoms with van der Waals surface area (Å²) in [5, 5.41) is 3.63. The van der Waals surface area contributed by atoms with Gasteiger partial charge < -0.3 is 5.32 Å². The van der Waals surface area contributed by atoms with Crippen LogP contribution in [0.1, 0.15) is 45.7 Å². The van der Waals surface area contributed by atoms with Crippen LogP contribution in [0.25, 0.3) is 0 Å². The van der Waals surface area contributed by atoms with E-state index in [9.17, 15) is 0 Å². The number of aryl methyl sites for hydroxylation is 1. The molecular weight excluding hydrogens is 182 g/mol. The Morgan fingerprint density at radius 3 is 1.73 bits per heavy atom. The van der Waals surface area contributed by atoms with Gasteiger partial charge in [0.25, 0.3) is 0 Å². The van der Waals surface area contributed by atoms with Gasteiger partial charge in [0.05, 0.1) is 0 Å². The first-order valence-electron chi connectivity index (χ1n) is 5.57. The van der Waals surface area contributed by atoms with Gasteiger partial charge in [-0.05, 0) is 47.1 Å². The van der Waals surface area contributed by atoms with Crippen LogP contribution < -0.4 is 5.32 Å². The second-order valence-electron chi connectivity index (χ2n) is 5.87. The Bertz CT molecular complexity index is 314. The first kappa shape index (κ1) is 12.3. The maximum atomic E-state index is 3.63. The first-order chi connectivity index (χ1) is 6.71. The lowest BCUT2D eigenvalue weighted by Crippen LogP contribution is -2.48. The van der Waals surface area contributed by atoms with Crippen molar-refractivity contribution >= 4 is 0 Å². The second kappa shape index (κ2) is 3.97. The van der Waals surface area contributed by atoms with E-state index in [0.717, 1.165) is 0 Å². The van der Waals surface area contributed by atoms with E-state index in [4.69, 9.17) is 0 Å². The van der Waals surface area contributed by atoms with Crippen LogP contribution in [0.2, 0.25) is 0 Å². The fourth-order valence-corrected chi connectivity index (χ4v) is 1.98. The molecule has 1 N–H and O–H groups in total. The van der Waals surface area contributed by atoms with Crippen LogP contribution in [0.5, 0.6) is 0 Å². The molecule has 0 spiro atoms. The summed E-state index contributed by atoms with van der Waals surface area (Å²) < 4.78 is 0. The van der Waals surface area contributed by atoms with Gasteiger partial charge in [-0.25, -0.2) is 0 Å². The maximum absolute atomic E-state index is 3.63. The Morgan fingerprint density at radius 2 is 1.33 bits per heavy atom. The molecule has 0 aliphatic carbocycles. The van der Waals surface area contributed by atoms with Crippen molar-refractivity contribution in [2.24, 2.45) is 0 Å². The molecule has 0 atom stereocenters. The monoisotopic (exact) mass is 205 g/mol. The molecular formula is C14H23N. The van der Waals surface area contributed by atoms with Crippen molar-refractivity contribution in [1.29, 1.82) is 0 Å². The summed E-state index contributed by atoms with van der Waals surface area (Å²) >= 11 is 0. The minimum Gasteiger partial charge on any atom is -0.303 e. The number of benzene rings is 1. The van der Waals surface area contributed by atoms with E-state index in [1.54, 1.807) is 0 Å². The van der Waals surface area contributed by atoms with Crippen molar-refractivity contribution in [1.82, 2.24) is 5.32 Å². The molecule has 0 aliphatic rings. The van der Waals surface area contributed by atoms with Crippen LogP contribution in [0.15, 0.2) is 24.3 Å². The standard InChI is InChI=1S/C14H23N/c1-11-7-9-12(10-8-11)14(5,6)15-13(2,3)4/h7-10,15H,1-6H3. The minimum atomic E-state index is 0.0198. The second-order valence-corrected chi connectivity index (χ2v) is 5.87. The van der Waals surface area contributed by atoms with Crippen molar-refractivity contribution in [2.45, 2.75) is 52.6 Å². The number of hydrogen-bond acceptors (Lipinski definition) is 1. The van der Waals surface area contributed by atoms with Gasteiger partial charge in [-0.3, -0.25) is 0 Å². The lowest BCUT2D eigenvalue weighted by molar-refractivity contribution is 0.286. The first-order valence-corrected chi connectivity index (χ1v) is 5.57. The van der Waals surface area contributed by atoms with E-state index >= 15 is 0 Å². The quantitative estimate of drug-likeness (QED) is 0.777. The smallest absolute Gasteiger partial charge is 0.0381 e. The molecule has 1 aromatic carbocycles. The lowest BCUT2D eigenvalue weighted by atomic mass is 9.90. The molecule has 0 aliphatic heterocycles. The number of hydrogen-bond donors (Lipinski definition) is 1. The van der Waals surface area contributed by atoms with Crippen LogP contribution in [-0.4, -0.2) is 5.54 Å². The zero-order chi connectivity index (χ0) is 11.7. The highest BCUT2D eigenvalue weighted by atomic mass is 15.0. The lowest BCUT2D eigenvalue weighted by Gasteiger charge is -2.35. The molecule has 0 fully saturated rings. The summed E-state index contributed by atoms with van der Waals surface area (Å²) in [6.07, 6.45) is 0. The van der Waals surface area contributed by atoms with Gasteiger partial charge in [0.1, 0.15) is 0 Å². The molecule has 1 nitrogen and oxygen atoms in total. The van der Waals surface area contributed by atoms with Crippen LogP contribution in [0.4, 0.5) is 0 Å². The molecule has 1 rings (SSSR count). The van der Waals surface area contributed by atoms with E-state index in [1.807, 2.05) is 0 Å². The van der Waals surface area contributed by atoms with Gasteiger partial charge in [-0.1, -0.05) is 29.8 Å². The topological polar surface area (TPSA) is 12.0 Å². The fourth-order valence-electron chi connectivity index (χ4n) is 1.98. The predicted molar refractivity (Wildman–Crippen MR) is 67.1 cm³/mol. The summed E-state index contributed by atoms with van der Waals surface area (Å²) in [6.45, 7) is 13.2. The molecule has 0 heterocycles. The Morgan fingerprint density at radius 1 is 0.867 bits per heavy atom. The fraction of sp³-hybridized carbons (Fsp3) is 0.571. The van der Waals surface area contributed by atoms with Gasteiger partial charge in [0.15, 0.2) is 0 Å². The Labute approximate surface area is 93.9 Å². The van der Waals surface area contributed by atoms with Crippen LogP contribution in [0, 0.1) is 6.92 Å². The molecule has 0 radical (unpaired) electrons. The molecule has 1 heteroatoms. The molecule has 15 heavy (non-hydrogen) atoms. The minimum absolute atomic E-state index is 0.0198. The largest absolute Gasteiger partial charge is 0.303 e. The Kier molecular flexibility index (Phi) is 3.25. The maximum Gasteiger partial charge on any atom is 0.0381 e. The van der Waals surface area contributed by atoms with Gasteiger partial charge in [0, 0.05) is 11.1 Å². The summed E-state index contributed by atoms with van der Waals surface area (Å²) in [4.78, 5) is 0. The SMILES string of the molecule is Cc1ccc(C(C)(C)NC(C)(C)C)cc1. The third-order valence-electron chi connectivity index (χ3n) is 2.46. The third-order valence-corrected chi connectivity index (χ3v) is 2.46. The van der Waals surface area contributed by atoms with Crippen molar-refractivity contribution < 1.29 is 0 Å². The van der Waals surface area contributed by atoms with Crippen molar-refractivity contribution in [3.63, 3.8) is 0 Å². The molecule has 0 amide bonds. The van der Waals surface area contributed by atoms with Gasteiger partial charge in [0.2, 0.25) is 0 Å². The zero-order valence-corrected chi connectivity index (χ0v) is 10.8. The molecule has 0 bridgehead atoms. The van der Waals surface area contributed by atoms with Crippen molar-refractivity contribution in [2.75, 3.05) is 0 Å². The van der Waals surface area contributed by atoms with E-state index in [2.05, 4.69) is 71.1 Å². The molecule has 84 valence electrons. The predicted octanol–water partition coefficient (Wildman–Crippen LogP) is 3.62. The highest BCUT2D eigenvalue weighted by molar-refractivity contribution is 5.27. The van der Waals surface area contributed by atoms with Crippen LogP contribution >= 0.6 is 0 Å². The van der Waals surface area contributed by atoms with E-state index < -0.39 is 0 Å². The Hall–Kier alpha value is -0.820. The molecule has 0 saturated heterocycles. The van der Waals surface area contributed by atoms with Gasteiger partial charge in [-0.15, -0.1) is 0 Å². The number of nitrogens with one attached hydrogen (secondary N) is 1. The summed E-state index contributed by atoms with van der Waals surface area (Å²) in [6, 6.07) is 8.74. The summed E-state index contributed by atoms with van der Waals surface area (Å²) in [7, 11) is 0. The van der Waals surface area contributed by atoms with Crippen molar-refractivity contribution in [3.8, 4) is 0 Å². The average Bonchev–Trinajstić information content (AvgIpc) is 2.00. The molecule has 0 saturated carbocycles. The average molecular weight is 205 g/mol. The van der Waals surface area contributed by atoms with Gasteiger partial charge in [-0.2, -0.15) is 0 Å². The number of rotatable bonds is 2. The summed E-state index contributed by atoms with van der Waals surface area (Å²) in [5.41, 5.74) is 2.80. The molecule has 0 unspecified atom stereocenters. The van der Waals surface area contributed by atoms with E-state index in [1.165, 1.54) is 11.1 Å². The zero-order valence-electron chi connectivity index (χ0n) is 10.8. The summed E-state index contributed by atoms with van der Waals surface area (Å²) in [5.74, 6) is 0. The van der Waals surface area contributed by atoms with Gasteiger partial charge >= 0.3 is 0 Å².